The molecule has 1 fully saturated rings. The molecule has 1 aromatic rings. The van der Waals surface area contributed by atoms with Crippen LogP contribution in [-0.2, 0) is 4.74 Å². The molecular formula is C13H18ClNO3. The highest BCUT2D eigenvalue weighted by Gasteiger charge is 2.24. The van der Waals surface area contributed by atoms with Gasteiger partial charge in [-0.2, -0.15) is 0 Å². The van der Waals surface area contributed by atoms with Crippen LogP contribution in [0.15, 0.2) is 6.07 Å². The Balaban J connectivity index is 2.46. The normalized spacial score (nSPS) is 19.7. The van der Waals surface area contributed by atoms with Crippen LogP contribution in [0.3, 0.4) is 0 Å². The summed E-state index contributed by atoms with van der Waals surface area (Å²) in [4.78, 5) is 0. The zero-order valence-electron chi connectivity index (χ0n) is 10.9. The molecule has 0 aliphatic carbocycles. The van der Waals surface area contributed by atoms with Gasteiger partial charge in [-0.05, 0) is 13.0 Å². The zero-order chi connectivity index (χ0) is 13.1. The number of ether oxygens (including phenoxy) is 3. The van der Waals surface area contributed by atoms with Crippen LogP contribution in [-0.4, -0.2) is 33.9 Å². The molecule has 0 amide bonds. The van der Waals surface area contributed by atoms with Crippen molar-refractivity contribution in [2.75, 3.05) is 33.9 Å². The van der Waals surface area contributed by atoms with Gasteiger partial charge < -0.3 is 19.5 Å². The third-order valence-electron chi connectivity index (χ3n) is 3.15. The van der Waals surface area contributed by atoms with Gasteiger partial charge in [0.05, 0.1) is 32.0 Å². The summed E-state index contributed by atoms with van der Waals surface area (Å²) in [6.45, 7) is 4.21. The predicted octanol–water partition coefficient (Wildman–Crippen LogP) is 2.33. The first kappa shape index (κ1) is 13.5. The van der Waals surface area contributed by atoms with Crippen molar-refractivity contribution < 1.29 is 14.2 Å². The average Bonchev–Trinajstić information content (AvgIpc) is 2.42. The van der Waals surface area contributed by atoms with Gasteiger partial charge in [-0.15, -0.1) is 0 Å². The molecule has 0 aromatic heterocycles. The second-order valence-corrected chi connectivity index (χ2v) is 4.58. The van der Waals surface area contributed by atoms with Crippen molar-refractivity contribution in [3.8, 4) is 11.5 Å². The lowest BCUT2D eigenvalue weighted by Crippen LogP contribution is -2.33. The van der Waals surface area contributed by atoms with Crippen molar-refractivity contribution in [3.63, 3.8) is 0 Å². The highest BCUT2D eigenvalue weighted by atomic mass is 35.5. The van der Waals surface area contributed by atoms with E-state index in [9.17, 15) is 0 Å². The minimum absolute atomic E-state index is 0.0549. The molecule has 4 nitrogen and oxygen atoms in total. The number of benzene rings is 1. The van der Waals surface area contributed by atoms with Gasteiger partial charge in [-0.3, -0.25) is 0 Å². The van der Waals surface area contributed by atoms with Gasteiger partial charge in [0.15, 0.2) is 0 Å². The van der Waals surface area contributed by atoms with Gasteiger partial charge in [0.1, 0.15) is 11.5 Å². The first-order valence-electron chi connectivity index (χ1n) is 5.92. The quantitative estimate of drug-likeness (QED) is 0.916. The Morgan fingerprint density at radius 2 is 2.17 bits per heavy atom. The molecule has 2 rings (SSSR count). The van der Waals surface area contributed by atoms with Crippen LogP contribution < -0.4 is 14.8 Å². The van der Waals surface area contributed by atoms with Crippen molar-refractivity contribution in [3.05, 3.63) is 22.2 Å². The lowest BCUT2D eigenvalue weighted by atomic mass is 10.0. The molecule has 0 radical (unpaired) electrons. The minimum Gasteiger partial charge on any atom is -0.496 e. The maximum absolute atomic E-state index is 6.32. The van der Waals surface area contributed by atoms with Crippen LogP contribution in [0.25, 0.3) is 0 Å². The van der Waals surface area contributed by atoms with Crippen molar-refractivity contribution in [2.24, 2.45) is 0 Å². The summed E-state index contributed by atoms with van der Waals surface area (Å²) in [5.41, 5.74) is 1.81. The Morgan fingerprint density at radius 1 is 1.39 bits per heavy atom. The van der Waals surface area contributed by atoms with Gasteiger partial charge in [-0.25, -0.2) is 0 Å². The molecule has 1 heterocycles. The highest BCUT2D eigenvalue weighted by molar-refractivity contribution is 6.33. The summed E-state index contributed by atoms with van der Waals surface area (Å²) in [7, 11) is 3.25. The third kappa shape index (κ3) is 2.41. The molecule has 1 N–H and O–H groups in total. The van der Waals surface area contributed by atoms with Crippen molar-refractivity contribution in [2.45, 2.75) is 13.0 Å². The number of hydrogen-bond donors (Lipinski definition) is 1. The Bertz CT molecular complexity index is 431. The Morgan fingerprint density at radius 3 is 2.72 bits per heavy atom. The van der Waals surface area contributed by atoms with Crippen molar-refractivity contribution in [1.82, 2.24) is 5.32 Å². The topological polar surface area (TPSA) is 39.7 Å². The number of nitrogens with one attached hydrogen (secondary N) is 1. The van der Waals surface area contributed by atoms with E-state index in [1.807, 2.05) is 13.0 Å². The first-order valence-corrected chi connectivity index (χ1v) is 6.30. The Kier molecular flexibility index (Phi) is 4.32. The third-order valence-corrected chi connectivity index (χ3v) is 3.60. The number of rotatable bonds is 3. The molecule has 5 heteroatoms. The van der Waals surface area contributed by atoms with E-state index in [0.29, 0.717) is 17.4 Å². The molecule has 0 saturated carbocycles. The van der Waals surface area contributed by atoms with Crippen LogP contribution >= 0.6 is 11.6 Å². The van der Waals surface area contributed by atoms with Crippen LogP contribution in [0, 0.1) is 6.92 Å². The van der Waals surface area contributed by atoms with Crippen LogP contribution in [0.2, 0.25) is 5.02 Å². The second-order valence-electron chi connectivity index (χ2n) is 4.20. The Hall–Kier alpha value is -0.970. The average molecular weight is 272 g/mol. The lowest BCUT2D eigenvalue weighted by Gasteiger charge is -2.26. The fraction of sp³-hybridized carbons (Fsp3) is 0.538. The number of hydrogen-bond acceptors (Lipinski definition) is 4. The smallest absolute Gasteiger partial charge is 0.143 e. The molecule has 1 saturated heterocycles. The maximum atomic E-state index is 6.32. The maximum Gasteiger partial charge on any atom is 0.143 e. The molecule has 1 atom stereocenters. The van der Waals surface area contributed by atoms with Gasteiger partial charge in [-0.1, -0.05) is 11.6 Å². The van der Waals surface area contributed by atoms with Crippen LogP contribution in [0.1, 0.15) is 17.2 Å². The molecule has 1 aromatic carbocycles. The van der Waals surface area contributed by atoms with E-state index >= 15 is 0 Å². The summed E-state index contributed by atoms with van der Waals surface area (Å²) in [6.07, 6.45) is -0.0549. The number of methoxy groups -OCH3 is 2. The monoisotopic (exact) mass is 271 g/mol. The molecule has 0 spiro atoms. The van der Waals surface area contributed by atoms with E-state index in [0.717, 1.165) is 30.0 Å². The largest absolute Gasteiger partial charge is 0.496 e. The van der Waals surface area contributed by atoms with E-state index in [1.165, 1.54) is 0 Å². The lowest BCUT2D eigenvalue weighted by molar-refractivity contribution is 0.0261. The summed E-state index contributed by atoms with van der Waals surface area (Å²) in [5, 5.41) is 3.88. The molecule has 1 aliphatic heterocycles. The van der Waals surface area contributed by atoms with E-state index in [4.69, 9.17) is 25.8 Å². The first-order chi connectivity index (χ1) is 8.69. The minimum atomic E-state index is -0.0549. The number of morpholine rings is 1. The summed E-state index contributed by atoms with van der Waals surface area (Å²) in [6, 6.07) is 1.94. The van der Waals surface area contributed by atoms with Crippen LogP contribution in [0.5, 0.6) is 11.5 Å². The van der Waals surface area contributed by atoms with Gasteiger partial charge in [0, 0.05) is 24.2 Å². The van der Waals surface area contributed by atoms with E-state index in [-0.39, 0.29) is 6.10 Å². The predicted molar refractivity (Wildman–Crippen MR) is 70.9 cm³/mol. The van der Waals surface area contributed by atoms with Gasteiger partial charge in [0.25, 0.3) is 0 Å². The second kappa shape index (κ2) is 5.78. The molecule has 18 heavy (non-hydrogen) atoms. The fourth-order valence-electron chi connectivity index (χ4n) is 2.14. The molecule has 1 aliphatic rings. The van der Waals surface area contributed by atoms with E-state index in [2.05, 4.69) is 5.32 Å². The molecular weight excluding hydrogens is 254 g/mol. The fourth-order valence-corrected chi connectivity index (χ4v) is 2.42. The van der Waals surface area contributed by atoms with Crippen molar-refractivity contribution in [1.29, 1.82) is 0 Å². The standard InChI is InChI=1S/C13H18ClNO3/c1-8-10(16-2)6-9(13(17-3)12(8)14)11-7-15-4-5-18-11/h6,11,15H,4-5,7H2,1-3H3. The SMILES string of the molecule is COc1cc(C2CNCCO2)c(OC)c(Cl)c1C. The zero-order valence-corrected chi connectivity index (χ0v) is 11.6. The molecule has 0 bridgehead atoms. The highest BCUT2D eigenvalue weighted by Crippen LogP contribution is 2.41. The molecule has 1 unspecified atom stereocenters. The Labute approximate surface area is 112 Å². The summed E-state index contributed by atoms with van der Waals surface area (Å²) >= 11 is 6.32. The summed E-state index contributed by atoms with van der Waals surface area (Å²) < 4.78 is 16.5. The van der Waals surface area contributed by atoms with E-state index in [1.54, 1.807) is 14.2 Å². The van der Waals surface area contributed by atoms with E-state index < -0.39 is 0 Å². The van der Waals surface area contributed by atoms with Crippen LogP contribution in [0.4, 0.5) is 0 Å². The number of halogens is 1. The summed E-state index contributed by atoms with van der Waals surface area (Å²) in [5.74, 6) is 1.42. The van der Waals surface area contributed by atoms with Gasteiger partial charge in [0.2, 0.25) is 0 Å². The van der Waals surface area contributed by atoms with Gasteiger partial charge >= 0.3 is 0 Å². The van der Waals surface area contributed by atoms with Crippen molar-refractivity contribution >= 4 is 11.6 Å². The molecule has 100 valence electrons.